The molecule has 0 radical (unpaired) electrons. The predicted molar refractivity (Wildman–Crippen MR) is 98.2 cm³/mol. The fraction of sp³-hybridized carbons (Fsp3) is 0.650. The summed E-state index contributed by atoms with van der Waals surface area (Å²) in [6.45, 7) is 7.08. The average molecular weight is 359 g/mol. The van der Waals surface area contributed by atoms with Crippen molar-refractivity contribution in [3.8, 4) is 0 Å². The number of piperidine rings is 1. The van der Waals surface area contributed by atoms with Gasteiger partial charge in [-0.05, 0) is 31.4 Å². The van der Waals surface area contributed by atoms with Crippen molar-refractivity contribution in [2.24, 2.45) is 5.92 Å². The maximum atomic E-state index is 13.1. The lowest BCUT2D eigenvalue weighted by atomic mass is 9.92. The van der Waals surface area contributed by atoms with E-state index in [1.807, 2.05) is 23.1 Å². The van der Waals surface area contributed by atoms with Crippen molar-refractivity contribution in [1.29, 1.82) is 0 Å². The summed E-state index contributed by atoms with van der Waals surface area (Å²) >= 11 is 0. The van der Waals surface area contributed by atoms with Crippen LogP contribution in [0.4, 0.5) is 0 Å². The second kappa shape index (κ2) is 8.16. The Morgan fingerprint density at radius 1 is 1.35 bits per heavy atom. The smallest absolute Gasteiger partial charge is 0.227 e. The second-order valence-corrected chi connectivity index (χ2v) is 7.33. The van der Waals surface area contributed by atoms with Crippen LogP contribution in [0, 0.1) is 5.92 Å². The molecule has 0 N–H and O–H groups in total. The number of likely N-dealkylation sites (tertiary alicyclic amines) is 1. The third-order valence-corrected chi connectivity index (χ3v) is 5.78. The lowest BCUT2D eigenvalue weighted by molar-refractivity contribution is -0.158. The van der Waals surface area contributed by atoms with Crippen molar-refractivity contribution in [3.63, 3.8) is 0 Å². The summed E-state index contributed by atoms with van der Waals surface area (Å²) in [6, 6.07) is 5.69. The molecule has 0 spiro atoms. The number of aromatic nitrogens is 1. The molecule has 3 rings (SSSR count). The van der Waals surface area contributed by atoms with Crippen LogP contribution < -0.4 is 0 Å². The van der Waals surface area contributed by atoms with Crippen molar-refractivity contribution in [3.05, 3.63) is 30.1 Å². The van der Waals surface area contributed by atoms with Crippen LogP contribution >= 0.6 is 0 Å². The van der Waals surface area contributed by atoms with E-state index in [0.717, 1.165) is 18.5 Å². The molecular weight excluding hydrogens is 330 g/mol. The minimum atomic E-state index is -0.216. The van der Waals surface area contributed by atoms with Crippen molar-refractivity contribution < 1.29 is 14.3 Å². The third-order valence-electron chi connectivity index (χ3n) is 5.78. The number of ether oxygens (including phenoxy) is 1. The Morgan fingerprint density at radius 2 is 2.15 bits per heavy atom. The Hall–Kier alpha value is -1.95. The van der Waals surface area contributed by atoms with E-state index >= 15 is 0 Å². The SMILES string of the molecule is CCC1(CC)CN(C(=O)[C@@H]2CCC(=O)N(Cc3ccccn3)C2)CCO1. The highest BCUT2D eigenvalue weighted by Gasteiger charge is 2.39. The lowest BCUT2D eigenvalue weighted by Crippen LogP contribution is -2.56. The van der Waals surface area contributed by atoms with Crippen molar-refractivity contribution in [1.82, 2.24) is 14.8 Å². The minimum absolute atomic E-state index is 0.109. The Morgan fingerprint density at radius 3 is 2.85 bits per heavy atom. The van der Waals surface area contributed by atoms with Crippen LogP contribution in [0.1, 0.15) is 45.2 Å². The van der Waals surface area contributed by atoms with Gasteiger partial charge in [-0.15, -0.1) is 0 Å². The van der Waals surface area contributed by atoms with Gasteiger partial charge in [0.05, 0.1) is 30.4 Å². The zero-order valence-electron chi connectivity index (χ0n) is 15.8. The fourth-order valence-electron chi connectivity index (χ4n) is 3.93. The monoisotopic (exact) mass is 359 g/mol. The molecule has 0 unspecified atom stereocenters. The van der Waals surface area contributed by atoms with Gasteiger partial charge in [0.1, 0.15) is 0 Å². The Bertz CT molecular complexity index is 630. The van der Waals surface area contributed by atoms with Gasteiger partial charge < -0.3 is 14.5 Å². The van der Waals surface area contributed by atoms with Crippen molar-refractivity contribution >= 4 is 11.8 Å². The largest absolute Gasteiger partial charge is 0.371 e. The highest BCUT2D eigenvalue weighted by atomic mass is 16.5. The number of amides is 2. The molecule has 2 saturated heterocycles. The van der Waals surface area contributed by atoms with E-state index in [0.29, 0.717) is 45.6 Å². The molecule has 2 aliphatic heterocycles. The fourth-order valence-corrected chi connectivity index (χ4v) is 3.93. The predicted octanol–water partition coefficient (Wildman–Crippen LogP) is 2.24. The van der Waals surface area contributed by atoms with Crippen LogP contribution in [0.25, 0.3) is 0 Å². The van der Waals surface area contributed by atoms with Gasteiger partial charge in [-0.25, -0.2) is 0 Å². The van der Waals surface area contributed by atoms with Crippen LogP contribution in [-0.2, 0) is 20.9 Å². The van der Waals surface area contributed by atoms with Gasteiger partial charge >= 0.3 is 0 Å². The van der Waals surface area contributed by atoms with Gasteiger partial charge in [-0.2, -0.15) is 0 Å². The van der Waals surface area contributed by atoms with E-state index < -0.39 is 0 Å². The molecule has 1 atom stereocenters. The molecule has 2 amide bonds. The summed E-state index contributed by atoms with van der Waals surface area (Å²) in [5, 5.41) is 0. The van der Waals surface area contributed by atoms with E-state index in [1.165, 1.54) is 0 Å². The number of rotatable bonds is 5. The van der Waals surface area contributed by atoms with Crippen LogP contribution in [0.3, 0.4) is 0 Å². The molecule has 0 saturated carbocycles. The number of carbonyl (C=O) groups excluding carboxylic acids is 2. The molecule has 1 aromatic rings. The van der Waals surface area contributed by atoms with Gasteiger partial charge in [-0.3, -0.25) is 14.6 Å². The van der Waals surface area contributed by atoms with E-state index in [1.54, 1.807) is 11.1 Å². The molecule has 6 nitrogen and oxygen atoms in total. The summed E-state index contributed by atoms with van der Waals surface area (Å²) in [5.74, 6) is 0.150. The minimum Gasteiger partial charge on any atom is -0.371 e. The first-order valence-electron chi connectivity index (χ1n) is 9.67. The second-order valence-electron chi connectivity index (χ2n) is 7.33. The Kier molecular flexibility index (Phi) is 5.91. The number of pyridine rings is 1. The normalized spacial score (nSPS) is 23.2. The standard InChI is InChI=1S/C20H29N3O3/c1-3-20(4-2)15-22(11-12-26-20)19(25)16-8-9-18(24)23(13-16)14-17-7-5-6-10-21-17/h5-7,10,16H,3-4,8-9,11-15H2,1-2H3/t16-/m1/s1. The van der Waals surface area contributed by atoms with Crippen LogP contribution in [0.5, 0.6) is 0 Å². The van der Waals surface area contributed by atoms with E-state index in [2.05, 4.69) is 18.8 Å². The molecule has 2 aliphatic rings. The van der Waals surface area contributed by atoms with Gasteiger partial charge in [0.25, 0.3) is 0 Å². The van der Waals surface area contributed by atoms with E-state index in [9.17, 15) is 9.59 Å². The molecular formula is C20H29N3O3. The number of morpholine rings is 1. The van der Waals surface area contributed by atoms with Crippen molar-refractivity contribution in [2.75, 3.05) is 26.2 Å². The molecule has 2 fully saturated rings. The molecule has 1 aromatic heterocycles. The Labute approximate surface area is 155 Å². The number of carbonyl (C=O) groups is 2. The van der Waals surface area contributed by atoms with Crippen LogP contribution in [0.2, 0.25) is 0 Å². The van der Waals surface area contributed by atoms with Crippen molar-refractivity contribution in [2.45, 2.75) is 51.7 Å². The lowest BCUT2D eigenvalue weighted by Gasteiger charge is -2.44. The van der Waals surface area contributed by atoms with Crippen LogP contribution in [-0.4, -0.2) is 58.4 Å². The molecule has 0 bridgehead atoms. The topological polar surface area (TPSA) is 62.7 Å². The van der Waals surface area contributed by atoms with E-state index in [-0.39, 0.29) is 23.3 Å². The van der Waals surface area contributed by atoms with Gasteiger partial charge in [0, 0.05) is 32.3 Å². The van der Waals surface area contributed by atoms with Gasteiger partial charge in [0.2, 0.25) is 11.8 Å². The number of hydrogen-bond donors (Lipinski definition) is 0. The zero-order chi connectivity index (χ0) is 18.6. The van der Waals surface area contributed by atoms with E-state index in [4.69, 9.17) is 4.74 Å². The average Bonchev–Trinajstić information content (AvgIpc) is 2.70. The molecule has 6 heteroatoms. The first kappa shape index (κ1) is 18.8. The maximum absolute atomic E-state index is 13.1. The number of nitrogens with zero attached hydrogens (tertiary/aromatic N) is 3. The molecule has 26 heavy (non-hydrogen) atoms. The highest BCUT2D eigenvalue weighted by Crippen LogP contribution is 2.28. The maximum Gasteiger partial charge on any atom is 0.227 e. The summed E-state index contributed by atoms with van der Waals surface area (Å²) in [4.78, 5) is 33.4. The Balaban J connectivity index is 1.65. The number of hydrogen-bond acceptors (Lipinski definition) is 4. The summed E-state index contributed by atoms with van der Waals surface area (Å²) in [5.41, 5.74) is 0.641. The molecule has 0 aliphatic carbocycles. The first-order valence-corrected chi connectivity index (χ1v) is 9.67. The quantitative estimate of drug-likeness (QED) is 0.809. The summed E-state index contributed by atoms with van der Waals surface area (Å²) < 4.78 is 5.98. The summed E-state index contributed by atoms with van der Waals surface area (Å²) in [6.07, 6.45) is 4.61. The van der Waals surface area contributed by atoms with Crippen LogP contribution in [0.15, 0.2) is 24.4 Å². The molecule has 3 heterocycles. The van der Waals surface area contributed by atoms with Gasteiger partial charge in [-0.1, -0.05) is 19.9 Å². The molecule has 142 valence electrons. The van der Waals surface area contributed by atoms with Gasteiger partial charge in [0.15, 0.2) is 0 Å². The zero-order valence-corrected chi connectivity index (χ0v) is 15.8. The highest BCUT2D eigenvalue weighted by molar-refractivity contribution is 5.84. The summed E-state index contributed by atoms with van der Waals surface area (Å²) in [7, 11) is 0. The third kappa shape index (κ3) is 4.06. The molecule has 0 aromatic carbocycles. The first-order chi connectivity index (χ1) is 12.6.